The van der Waals surface area contributed by atoms with Crippen LogP contribution in [-0.4, -0.2) is 25.1 Å². The molecule has 1 aromatic heterocycles. The number of hydrogen-bond donors (Lipinski definition) is 1. The summed E-state index contributed by atoms with van der Waals surface area (Å²) in [6, 6.07) is 5.49. The molecule has 0 unspecified atom stereocenters. The summed E-state index contributed by atoms with van der Waals surface area (Å²) >= 11 is 1.60. The van der Waals surface area contributed by atoms with E-state index in [0.29, 0.717) is 18.0 Å². The van der Waals surface area contributed by atoms with Crippen molar-refractivity contribution in [2.45, 2.75) is 20.4 Å². The van der Waals surface area contributed by atoms with Crippen molar-refractivity contribution >= 4 is 23.3 Å². The van der Waals surface area contributed by atoms with E-state index in [4.69, 9.17) is 9.47 Å². The number of hydrogen-bond acceptors (Lipinski definition) is 5. The van der Waals surface area contributed by atoms with E-state index >= 15 is 0 Å². The number of carbonyl (C=O) groups excluding carboxylic acids is 1. The second-order valence-corrected chi connectivity index (χ2v) is 6.19. The first-order valence-electron chi connectivity index (χ1n) is 7.14. The number of ether oxygens (including phenoxy) is 2. The van der Waals surface area contributed by atoms with Crippen molar-refractivity contribution in [3.8, 4) is 11.5 Å². The molecule has 0 saturated heterocycles. The predicted octanol–water partition coefficient (Wildman–Crippen LogP) is 3.11. The summed E-state index contributed by atoms with van der Waals surface area (Å²) in [6.45, 7) is 4.40. The Labute approximate surface area is 140 Å². The molecule has 2 rings (SSSR count). The summed E-state index contributed by atoms with van der Waals surface area (Å²) in [5.74, 6) is 1.14. The highest BCUT2D eigenvalue weighted by Crippen LogP contribution is 2.27. The van der Waals surface area contributed by atoms with Gasteiger partial charge in [0.1, 0.15) is 0 Å². The molecule has 0 aliphatic rings. The maximum atomic E-state index is 11.9. The van der Waals surface area contributed by atoms with Crippen LogP contribution in [0.1, 0.15) is 21.1 Å². The molecule has 0 aliphatic heterocycles. The van der Waals surface area contributed by atoms with Gasteiger partial charge in [0.05, 0.1) is 31.5 Å². The first-order chi connectivity index (χ1) is 11.0. The lowest BCUT2D eigenvalue weighted by atomic mass is 10.2. The molecule has 0 bridgehead atoms. The lowest BCUT2D eigenvalue weighted by Gasteiger charge is -2.07. The molecule has 122 valence electrons. The number of carbonyl (C=O) groups is 1. The molecule has 0 spiro atoms. The third-order valence-electron chi connectivity index (χ3n) is 3.26. The molecule has 2 aromatic rings. The minimum Gasteiger partial charge on any atom is -0.493 e. The monoisotopic (exact) mass is 332 g/mol. The molecule has 0 saturated carbocycles. The van der Waals surface area contributed by atoms with Gasteiger partial charge in [-0.3, -0.25) is 4.79 Å². The molecule has 0 aliphatic carbocycles. The average molecular weight is 332 g/mol. The van der Waals surface area contributed by atoms with E-state index in [9.17, 15) is 4.79 Å². The predicted molar refractivity (Wildman–Crippen MR) is 92.0 cm³/mol. The van der Waals surface area contributed by atoms with Crippen LogP contribution in [0.3, 0.4) is 0 Å². The van der Waals surface area contributed by atoms with Gasteiger partial charge in [0.15, 0.2) is 11.5 Å². The zero-order valence-electron chi connectivity index (χ0n) is 13.7. The Balaban J connectivity index is 1.97. The van der Waals surface area contributed by atoms with Crippen molar-refractivity contribution in [1.82, 2.24) is 10.3 Å². The number of aromatic nitrogens is 1. The maximum absolute atomic E-state index is 11.9. The van der Waals surface area contributed by atoms with Crippen LogP contribution in [0.15, 0.2) is 24.3 Å². The fourth-order valence-electron chi connectivity index (χ4n) is 2.09. The Morgan fingerprint density at radius 1 is 1.26 bits per heavy atom. The number of rotatable bonds is 6. The highest BCUT2D eigenvalue weighted by atomic mass is 32.1. The molecule has 5 nitrogen and oxygen atoms in total. The maximum Gasteiger partial charge on any atom is 0.244 e. The molecule has 0 fully saturated rings. The van der Waals surface area contributed by atoms with Crippen LogP contribution in [0.4, 0.5) is 0 Å². The standard InChI is InChI=1S/C17H20N2O3S/c1-11-16(23-12(2)19-11)10-18-17(20)8-6-13-5-7-14(21-3)15(9-13)22-4/h5-9H,10H2,1-4H3,(H,18,20)/b8-6+. The van der Waals surface area contributed by atoms with E-state index in [2.05, 4.69) is 10.3 Å². The highest BCUT2D eigenvalue weighted by molar-refractivity contribution is 7.11. The van der Waals surface area contributed by atoms with Gasteiger partial charge in [0, 0.05) is 11.0 Å². The van der Waals surface area contributed by atoms with E-state index in [-0.39, 0.29) is 5.91 Å². The molecular weight excluding hydrogens is 312 g/mol. The Morgan fingerprint density at radius 3 is 2.61 bits per heavy atom. The third-order valence-corrected chi connectivity index (χ3v) is 4.33. The first-order valence-corrected chi connectivity index (χ1v) is 7.96. The van der Waals surface area contributed by atoms with Crippen molar-refractivity contribution in [2.75, 3.05) is 14.2 Å². The van der Waals surface area contributed by atoms with Gasteiger partial charge in [-0.15, -0.1) is 11.3 Å². The zero-order chi connectivity index (χ0) is 16.8. The van der Waals surface area contributed by atoms with Gasteiger partial charge in [0.2, 0.25) is 5.91 Å². The van der Waals surface area contributed by atoms with Crippen molar-refractivity contribution < 1.29 is 14.3 Å². The van der Waals surface area contributed by atoms with E-state index in [0.717, 1.165) is 21.1 Å². The highest BCUT2D eigenvalue weighted by Gasteiger charge is 2.06. The number of nitrogens with zero attached hydrogens (tertiary/aromatic N) is 1. The summed E-state index contributed by atoms with van der Waals surface area (Å²) in [5.41, 5.74) is 1.83. The molecule has 1 aromatic carbocycles. The molecular formula is C17H20N2O3S. The second kappa shape index (κ2) is 7.78. The fraction of sp³-hybridized carbons (Fsp3) is 0.294. The molecule has 0 radical (unpaired) electrons. The molecule has 1 amide bonds. The van der Waals surface area contributed by atoms with Crippen molar-refractivity contribution in [3.63, 3.8) is 0 Å². The second-order valence-electron chi connectivity index (χ2n) is 4.91. The fourth-order valence-corrected chi connectivity index (χ4v) is 2.97. The van der Waals surface area contributed by atoms with Gasteiger partial charge in [0.25, 0.3) is 0 Å². The van der Waals surface area contributed by atoms with Crippen molar-refractivity contribution in [2.24, 2.45) is 0 Å². The Kier molecular flexibility index (Phi) is 5.76. The Bertz CT molecular complexity index is 723. The van der Waals surface area contributed by atoms with Crippen molar-refractivity contribution in [3.05, 3.63) is 45.4 Å². The number of thiazole rings is 1. The minimum atomic E-state index is -0.148. The topological polar surface area (TPSA) is 60.5 Å². The van der Waals surface area contributed by atoms with Gasteiger partial charge in [-0.2, -0.15) is 0 Å². The third kappa shape index (κ3) is 4.56. The molecule has 1 N–H and O–H groups in total. The Hall–Kier alpha value is -2.34. The number of benzene rings is 1. The van der Waals surface area contributed by atoms with E-state index in [1.165, 1.54) is 6.08 Å². The zero-order valence-corrected chi connectivity index (χ0v) is 14.5. The summed E-state index contributed by atoms with van der Waals surface area (Å²) in [6.07, 6.45) is 3.24. The number of nitrogens with one attached hydrogen (secondary N) is 1. The van der Waals surface area contributed by atoms with Gasteiger partial charge in [-0.05, 0) is 37.6 Å². The van der Waals surface area contributed by atoms with Crippen LogP contribution in [0, 0.1) is 13.8 Å². The van der Waals surface area contributed by atoms with Crippen molar-refractivity contribution in [1.29, 1.82) is 0 Å². The first kappa shape index (κ1) is 17.0. The van der Waals surface area contributed by atoms with Gasteiger partial charge in [-0.25, -0.2) is 4.98 Å². The largest absolute Gasteiger partial charge is 0.493 e. The molecule has 0 atom stereocenters. The van der Waals surface area contributed by atoms with E-state index < -0.39 is 0 Å². The lowest BCUT2D eigenvalue weighted by Crippen LogP contribution is -2.20. The lowest BCUT2D eigenvalue weighted by molar-refractivity contribution is -0.116. The summed E-state index contributed by atoms with van der Waals surface area (Å²) in [7, 11) is 3.17. The Morgan fingerprint density at radius 2 is 2.00 bits per heavy atom. The molecule has 1 heterocycles. The smallest absolute Gasteiger partial charge is 0.244 e. The van der Waals surface area contributed by atoms with Crippen LogP contribution < -0.4 is 14.8 Å². The van der Waals surface area contributed by atoms with Crippen LogP contribution in [0.2, 0.25) is 0 Å². The number of aryl methyl sites for hydroxylation is 2. The number of methoxy groups -OCH3 is 2. The SMILES string of the molecule is COc1ccc(/C=C/C(=O)NCc2sc(C)nc2C)cc1OC. The minimum absolute atomic E-state index is 0.148. The van der Waals surface area contributed by atoms with Gasteiger partial charge in [-0.1, -0.05) is 6.07 Å². The summed E-state index contributed by atoms with van der Waals surface area (Å²) < 4.78 is 10.4. The molecule has 23 heavy (non-hydrogen) atoms. The summed E-state index contributed by atoms with van der Waals surface area (Å²) in [5, 5.41) is 3.87. The summed E-state index contributed by atoms with van der Waals surface area (Å²) in [4.78, 5) is 17.3. The van der Waals surface area contributed by atoms with Gasteiger partial charge >= 0.3 is 0 Å². The van der Waals surface area contributed by atoms with Crippen LogP contribution in [0.25, 0.3) is 6.08 Å². The van der Waals surface area contributed by atoms with Crippen LogP contribution in [-0.2, 0) is 11.3 Å². The normalized spacial score (nSPS) is 10.8. The van der Waals surface area contributed by atoms with Gasteiger partial charge < -0.3 is 14.8 Å². The van der Waals surface area contributed by atoms with Crippen LogP contribution in [0.5, 0.6) is 11.5 Å². The number of amides is 1. The quantitative estimate of drug-likeness (QED) is 0.826. The average Bonchev–Trinajstić information content (AvgIpc) is 2.88. The van der Waals surface area contributed by atoms with Crippen LogP contribution >= 0.6 is 11.3 Å². The van der Waals surface area contributed by atoms with E-state index in [1.54, 1.807) is 37.7 Å². The van der Waals surface area contributed by atoms with E-state index in [1.807, 2.05) is 26.0 Å². The molecule has 6 heteroatoms.